The van der Waals surface area contributed by atoms with Crippen LogP contribution in [0.1, 0.15) is 36.9 Å². The van der Waals surface area contributed by atoms with Gasteiger partial charge in [-0.05, 0) is 38.2 Å². The second kappa shape index (κ2) is 7.49. The monoisotopic (exact) mass is 328 g/mol. The largest absolute Gasteiger partial charge is 0.393 e. The van der Waals surface area contributed by atoms with Crippen molar-refractivity contribution in [1.29, 1.82) is 0 Å². The highest BCUT2D eigenvalue weighted by molar-refractivity contribution is 5.88. The Balaban J connectivity index is 1.61. The number of aliphatic hydroxyl groups is 1. The summed E-state index contributed by atoms with van der Waals surface area (Å²) in [5.74, 6) is 0.685. The summed E-state index contributed by atoms with van der Waals surface area (Å²) in [5, 5.41) is 19.9. The predicted octanol–water partition coefficient (Wildman–Crippen LogP) is 2.66. The number of amides is 2. The molecule has 6 heteroatoms. The van der Waals surface area contributed by atoms with E-state index in [9.17, 15) is 9.90 Å². The molecule has 128 valence electrons. The van der Waals surface area contributed by atoms with E-state index in [1.807, 2.05) is 43.3 Å². The van der Waals surface area contributed by atoms with Crippen LogP contribution in [0.2, 0.25) is 0 Å². The van der Waals surface area contributed by atoms with Crippen molar-refractivity contribution in [2.75, 3.05) is 5.32 Å². The van der Waals surface area contributed by atoms with E-state index < -0.39 is 0 Å². The second-order valence-electron chi connectivity index (χ2n) is 6.42. The fourth-order valence-electron chi connectivity index (χ4n) is 3.08. The van der Waals surface area contributed by atoms with Gasteiger partial charge in [-0.2, -0.15) is 5.10 Å². The van der Waals surface area contributed by atoms with Gasteiger partial charge in [0.05, 0.1) is 18.3 Å². The summed E-state index contributed by atoms with van der Waals surface area (Å²) in [6, 6.07) is 11.8. The number of rotatable bonds is 4. The van der Waals surface area contributed by atoms with E-state index in [4.69, 9.17) is 0 Å². The molecule has 1 aromatic heterocycles. The third kappa shape index (κ3) is 4.35. The topological polar surface area (TPSA) is 79.2 Å². The van der Waals surface area contributed by atoms with Crippen LogP contribution in [-0.4, -0.2) is 33.1 Å². The van der Waals surface area contributed by atoms with Crippen molar-refractivity contribution in [2.24, 2.45) is 0 Å². The van der Waals surface area contributed by atoms with Crippen LogP contribution in [0.3, 0.4) is 0 Å². The number of hydrogen-bond donors (Lipinski definition) is 3. The van der Waals surface area contributed by atoms with Gasteiger partial charge in [0.15, 0.2) is 0 Å². The molecule has 0 spiro atoms. The molecule has 0 unspecified atom stereocenters. The number of benzene rings is 1. The van der Waals surface area contributed by atoms with Gasteiger partial charge >= 0.3 is 6.03 Å². The fourth-order valence-corrected chi connectivity index (χ4v) is 3.08. The Hall–Kier alpha value is -2.34. The first-order valence-electron chi connectivity index (χ1n) is 8.44. The normalized spacial score (nSPS) is 20.6. The number of anilines is 1. The minimum Gasteiger partial charge on any atom is -0.393 e. The van der Waals surface area contributed by atoms with E-state index in [1.54, 1.807) is 4.68 Å². The Morgan fingerprint density at radius 1 is 1.25 bits per heavy atom. The molecule has 0 atom stereocenters. The average molecular weight is 328 g/mol. The first-order chi connectivity index (χ1) is 11.6. The Kier molecular flexibility index (Phi) is 5.15. The van der Waals surface area contributed by atoms with Gasteiger partial charge < -0.3 is 10.4 Å². The van der Waals surface area contributed by atoms with Crippen molar-refractivity contribution in [3.8, 4) is 0 Å². The van der Waals surface area contributed by atoms with Gasteiger partial charge in [0, 0.05) is 12.1 Å². The minimum absolute atomic E-state index is 0.125. The summed E-state index contributed by atoms with van der Waals surface area (Å²) < 4.78 is 1.80. The molecular formula is C18H24N4O2. The number of aliphatic hydroxyl groups excluding tert-OH is 1. The molecule has 3 rings (SSSR count). The second-order valence-corrected chi connectivity index (χ2v) is 6.42. The molecule has 2 amide bonds. The zero-order valence-electron chi connectivity index (χ0n) is 13.9. The quantitative estimate of drug-likeness (QED) is 0.807. The summed E-state index contributed by atoms with van der Waals surface area (Å²) in [6.45, 7) is 2.52. The molecule has 1 aliphatic carbocycles. The maximum absolute atomic E-state index is 12.3. The van der Waals surface area contributed by atoms with Gasteiger partial charge in [-0.3, -0.25) is 5.32 Å². The molecular weight excluding hydrogens is 304 g/mol. The Morgan fingerprint density at radius 2 is 1.96 bits per heavy atom. The number of hydrogen-bond acceptors (Lipinski definition) is 3. The van der Waals surface area contributed by atoms with Gasteiger partial charge in [-0.15, -0.1) is 0 Å². The van der Waals surface area contributed by atoms with Crippen LogP contribution < -0.4 is 10.6 Å². The van der Waals surface area contributed by atoms with E-state index >= 15 is 0 Å². The zero-order chi connectivity index (χ0) is 16.9. The first-order valence-corrected chi connectivity index (χ1v) is 8.44. The lowest BCUT2D eigenvalue weighted by atomic mass is 9.93. The van der Waals surface area contributed by atoms with Gasteiger partial charge in [-0.25, -0.2) is 9.48 Å². The lowest BCUT2D eigenvalue weighted by Crippen LogP contribution is -2.41. The van der Waals surface area contributed by atoms with Crippen molar-refractivity contribution in [1.82, 2.24) is 15.1 Å². The first kappa shape index (κ1) is 16.5. The zero-order valence-corrected chi connectivity index (χ0v) is 13.9. The van der Waals surface area contributed by atoms with Crippen LogP contribution >= 0.6 is 0 Å². The molecule has 1 aromatic carbocycles. The molecule has 24 heavy (non-hydrogen) atoms. The van der Waals surface area contributed by atoms with E-state index in [-0.39, 0.29) is 18.2 Å². The van der Waals surface area contributed by atoms with Crippen molar-refractivity contribution in [3.05, 3.63) is 47.7 Å². The molecule has 0 saturated heterocycles. The number of urea groups is 1. The van der Waals surface area contributed by atoms with Gasteiger partial charge in [0.25, 0.3) is 0 Å². The summed E-state index contributed by atoms with van der Waals surface area (Å²) in [5.41, 5.74) is 1.99. The summed E-state index contributed by atoms with van der Waals surface area (Å²) >= 11 is 0. The van der Waals surface area contributed by atoms with Crippen LogP contribution in [0.5, 0.6) is 0 Å². The molecule has 1 fully saturated rings. The van der Waals surface area contributed by atoms with E-state index in [0.717, 1.165) is 36.9 Å². The molecule has 1 heterocycles. The van der Waals surface area contributed by atoms with Crippen LogP contribution in [0.25, 0.3) is 0 Å². The van der Waals surface area contributed by atoms with Crippen LogP contribution in [0, 0.1) is 6.92 Å². The number of aryl methyl sites for hydroxylation is 1. The van der Waals surface area contributed by atoms with E-state index in [0.29, 0.717) is 12.4 Å². The molecule has 6 nitrogen and oxygen atoms in total. The number of carbonyl (C=O) groups excluding carboxylic acids is 1. The summed E-state index contributed by atoms with van der Waals surface area (Å²) in [4.78, 5) is 12.3. The summed E-state index contributed by atoms with van der Waals surface area (Å²) in [6.07, 6.45) is 2.90. The third-order valence-corrected chi connectivity index (χ3v) is 4.35. The Labute approximate surface area is 141 Å². The van der Waals surface area contributed by atoms with Gasteiger partial charge in [-0.1, -0.05) is 30.3 Å². The predicted molar refractivity (Wildman–Crippen MR) is 92.9 cm³/mol. The molecule has 0 bridgehead atoms. The van der Waals surface area contributed by atoms with Crippen LogP contribution in [0.4, 0.5) is 10.6 Å². The molecule has 1 saturated carbocycles. The standard InChI is InChI=1S/C18H24N4O2/c1-13-11-17(22(21-13)12-14-5-3-2-4-6-14)20-18(24)19-15-7-9-16(23)10-8-15/h2-6,11,15-16,23H,7-10,12H2,1H3,(H2,19,20,24). The molecule has 0 radical (unpaired) electrons. The summed E-state index contributed by atoms with van der Waals surface area (Å²) in [7, 11) is 0. The average Bonchev–Trinajstić information content (AvgIpc) is 2.89. The highest BCUT2D eigenvalue weighted by Crippen LogP contribution is 2.19. The third-order valence-electron chi connectivity index (χ3n) is 4.35. The van der Waals surface area contributed by atoms with E-state index in [2.05, 4.69) is 15.7 Å². The molecule has 0 aliphatic heterocycles. The van der Waals surface area contributed by atoms with Crippen molar-refractivity contribution in [2.45, 2.75) is 51.3 Å². The van der Waals surface area contributed by atoms with Gasteiger partial charge in [0.2, 0.25) is 0 Å². The molecule has 3 N–H and O–H groups in total. The highest BCUT2D eigenvalue weighted by atomic mass is 16.3. The fraction of sp³-hybridized carbons (Fsp3) is 0.444. The van der Waals surface area contributed by atoms with Crippen molar-refractivity contribution < 1.29 is 9.90 Å². The molecule has 1 aliphatic rings. The van der Waals surface area contributed by atoms with Crippen molar-refractivity contribution in [3.63, 3.8) is 0 Å². The number of nitrogens with one attached hydrogen (secondary N) is 2. The lowest BCUT2D eigenvalue weighted by molar-refractivity contribution is 0.118. The minimum atomic E-state index is -0.221. The molecule has 2 aromatic rings. The van der Waals surface area contributed by atoms with Gasteiger partial charge in [0.1, 0.15) is 5.82 Å². The van der Waals surface area contributed by atoms with Crippen LogP contribution in [-0.2, 0) is 6.54 Å². The number of carbonyl (C=O) groups is 1. The maximum atomic E-state index is 12.3. The van der Waals surface area contributed by atoms with Crippen molar-refractivity contribution >= 4 is 11.8 Å². The lowest BCUT2D eigenvalue weighted by Gasteiger charge is -2.26. The SMILES string of the molecule is Cc1cc(NC(=O)NC2CCC(O)CC2)n(Cc2ccccc2)n1. The van der Waals surface area contributed by atoms with E-state index in [1.165, 1.54) is 0 Å². The Morgan fingerprint density at radius 3 is 2.67 bits per heavy atom. The highest BCUT2D eigenvalue weighted by Gasteiger charge is 2.21. The smallest absolute Gasteiger partial charge is 0.320 e. The van der Waals surface area contributed by atoms with Crippen LogP contribution in [0.15, 0.2) is 36.4 Å². The number of aromatic nitrogens is 2. The maximum Gasteiger partial charge on any atom is 0.320 e. The Bertz CT molecular complexity index is 676. The number of nitrogens with zero attached hydrogens (tertiary/aromatic N) is 2.